The van der Waals surface area contributed by atoms with Gasteiger partial charge in [-0.3, -0.25) is 4.72 Å². The van der Waals surface area contributed by atoms with E-state index in [0.29, 0.717) is 12.4 Å². The van der Waals surface area contributed by atoms with Gasteiger partial charge in [-0.15, -0.1) is 0 Å². The summed E-state index contributed by atoms with van der Waals surface area (Å²) in [5.41, 5.74) is 5.99. The molecule has 7 nitrogen and oxygen atoms in total. The van der Waals surface area contributed by atoms with E-state index in [1.54, 1.807) is 11.5 Å². The van der Waals surface area contributed by atoms with Gasteiger partial charge in [-0.25, -0.2) is 4.98 Å². The van der Waals surface area contributed by atoms with Crippen LogP contribution in [0.4, 0.5) is 11.4 Å². The molecule has 0 unspecified atom stereocenters. The van der Waals surface area contributed by atoms with E-state index >= 15 is 0 Å². The van der Waals surface area contributed by atoms with Gasteiger partial charge in [0.25, 0.3) is 10.0 Å². The molecule has 0 atom stereocenters. The Kier molecular flexibility index (Phi) is 3.58. The number of phenols is 1. The van der Waals surface area contributed by atoms with Gasteiger partial charge in [0.1, 0.15) is 11.6 Å². The van der Waals surface area contributed by atoms with Gasteiger partial charge in [0.15, 0.2) is 5.03 Å². The van der Waals surface area contributed by atoms with Gasteiger partial charge in [0.2, 0.25) is 0 Å². The first-order valence-electron chi connectivity index (χ1n) is 5.98. The molecule has 0 amide bonds. The SMILES string of the molecule is CCn1cc(S(=O)(=O)Nc2ccc(O)cc2N)nc1C. The number of nitrogens with two attached hydrogens (primary N) is 1. The number of nitrogens with one attached hydrogen (secondary N) is 1. The van der Waals surface area contributed by atoms with Crippen molar-refractivity contribution in [2.45, 2.75) is 25.4 Å². The Balaban J connectivity index is 2.35. The van der Waals surface area contributed by atoms with Crippen LogP contribution >= 0.6 is 0 Å². The van der Waals surface area contributed by atoms with Crippen molar-refractivity contribution in [3.8, 4) is 5.75 Å². The molecule has 0 bridgehead atoms. The van der Waals surface area contributed by atoms with Crippen molar-refractivity contribution >= 4 is 21.4 Å². The average molecular weight is 296 g/mol. The van der Waals surface area contributed by atoms with Crippen molar-refractivity contribution in [2.75, 3.05) is 10.5 Å². The lowest BCUT2D eigenvalue weighted by Gasteiger charge is -2.08. The number of hydrogen-bond acceptors (Lipinski definition) is 5. The summed E-state index contributed by atoms with van der Waals surface area (Å²) in [6.45, 7) is 4.27. The second kappa shape index (κ2) is 5.04. The van der Waals surface area contributed by atoms with Crippen LogP contribution in [0.15, 0.2) is 29.4 Å². The van der Waals surface area contributed by atoms with E-state index in [1.807, 2.05) is 6.92 Å². The smallest absolute Gasteiger partial charge is 0.281 e. The lowest BCUT2D eigenvalue weighted by atomic mass is 10.2. The molecule has 1 aromatic heterocycles. The Morgan fingerprint density at radius 3 is 2.70 bits per heavy atom. The molecule has 4 N–H and O–H groups in total. The predicted octanol–water partition coefficient (Wildman–Crippen LogP) is 1.30. The van der Waals surface area contributed by atoms with E-state index in [4.69, 9.17) is 5.73 Å². The number of benzene rings is 1. The summed E-state index contributed by atoms with van der Waals surface area (Å²) < 4.78 is 28.5. The number of hydrogen-bond donors (Lipinski definition) is 3. The van der Waals surface area contributed by atoms with Gasteiger partial charge in [0.05, 0.1) is 11.4 Å². The van der Waals surface area contributed by atoms with E-state index in [9.17, 15) is 13.5 Å². The number of rotatable bonds is 4. The molecule has 0 saturated carbocycles. The summed E-state index contributed by atoms with van der Waals surface area (Å²) in [6.07, 6.45) is 1.47. The molecule has 0 spiro atoms. The number of phenolic OH excluding ortho intramolecular Hbond substituents is 1. The predicted molar refractivity (Wildman–Crippen MR) is 76.0 cm³/mol. The van der Waals surface area contributed by atoms with Crippen molar-refractivity contribution in [3.63, 3.8) is 0 Å². The molecule has 108 valence electrons. The fourth-order valence-electron chi connectivity index (χ4n) is 1.77. The largest absolute Gasteiger partial charge is 0.508 e. The molecule has 0 fully saturated rings. The molecule has 8 heteroatoms. The highest BCUT2D eigenvalue weighted by atomic mass is 32.2. The van der Waals surface area contributed by atoms with Gasteiger partial charge in [-0.05, 0) is 26.0 Å². The molecule has 0 aliphatic carbocycles. The topological polar surface area (TPSA) is 110 Å². The fraction of sp³-hybridized carbons (Fsp3) is 0.250. The maximum Gasteiger partial charge on any atom is 0.281 e. The molecular formula is C12H16N4O3S. The number of nitrogens with zero attached hydrogens (tertiary/aromatic N) is 2. The molecule has 1 heterocycles. The highest BCUT2D eigenvalue weighted by molar-refractivity contribution is 7.92. The van der Waals surface area contributed by atoms with Crippen LogP contribution in [-0.2, 0) is 16.6 Å². The van der Waals surface area contributed by atoms with Crippen LogP contribution in [0.2, 0.25) is 0 Å². The second-order valence-electron chi connectivity index (χ2n) is 4.29. The fourth-order valence-corrected chi connectivity index (χ4v) is 2.87. The quantitative estimate of drug-likeness (QED) is 0.582. The highest BCUT2D eigenvalue weighted by Gasteiger charge is 2.20. The number of anilines is 2. The normalized spacial score (nSPS) is 11.5. The first-order valence-corrected chi connectivity index (χ1v) is 7.47. The van der Waals surface area contributed by atoms with E-state index in [1.165, 1.54) is 24.4 Å². The van der Waals surface area contributed by atoms with E-state index in [0.717, 1.165) is 0 Å². The molecule has 1 aromatic carbocycles. The number of aromatic hydroxyl groups is 1. The first kappa shape index (κ1) is 14.2. The molecule has 2 rings (SSSR count). The second-order valence-corrected chi connectivity index (χ2v) is 5.92. The molecular weight excluding hydrogens is 280 g/mol. The minimum absolute atomic E-state index is 0.0310. The summed E-state index contributed by atoms with van der Waals surface area (Å²) in [5, 5.41) is 9.19. The first-order chi connectivity index (χ1) is 9.33. The summed E-state index contributed by atoms with van der Waals surface area (Å²) in [5.74, 6) is 0.586. The zero-order chi connectivity index (χ0) is 14.9. The van der Waals surface area contributed by atoms with Crippen LogP contribution in [0.3, 0.4) is 0 Å². The van der Waals surface area contributed by atoms with Crippen molar-refractivity contribution in [3.05, 3.63) is 30.2 Å². The monoisotopic (exact) mass is 296 g/mol. The van der Waals surface area contributed by atoms with Gasteiger partial charge in [0, 0.05) is 18.8 Å². The van der Waals surface area contributed by atoms with Crippen LogP contribution in [0.1, 0.15) is 12.7 Å². The van der Waals surface area contributed by atoms with Crippen molar-refractivity contribution in [1.29, 1.82) is 0 Å². The number of nitrogen functional groups attached to an aromatic ring is 1. The van der Waals surface area contributed by atoms with E-state index in [2.05, 4.69) is 9.71 Å². The van der Waals surface area contributed by atoms with Crippen LogP contribution < -0.4 is 10.5 Å². The Morgan fingerprint density at radius 2 is 2.15 bits per heavy atom. The molecule has 0 radical (unpaired) electrons. The lowest BCUT2D eigenvalue weighted by molar-refractivity contribution is 0.475. The zero-order valence-corrected chi connectivity index (χ0v) is 12.0. The summed E-state index contributed by atoms with van der Waals surface area (Å²) >= 11 is 0. The summed E-state index contributed by atoms with van der Waals surface area (Å²) in [7, 11) is -3.80. The average Bonchev–Trinajstić information content (AvgIpc) is 2.75. The maximum absolute atomic E-state index is 12.2. The molecule has 2 aromatic rings. The molecule has 0 saturated heterocycles. The van der Waals surface area contributed by atoms with Gasteiger partial charge >= 0.3 is 0 Å². The van der Waals surface area contributed by atoms with E-state index in [-0.39, 0.29) is 22.2 Å². The molecule has 20 heavy (non-hydrogen) atoms. The third-order valence-corrected chi connectivity index (χ3v) is 4.09. The van der Waals surface area contributed by atoms with Crippen molar-refractivity contribution < 1.29 is 13.5 Å². The van der Waals surface area contributed by atoms with Crippen LogP contribution in [0.5, 0.6) is 5.75 Å². The number of aryl methyl sites for hydroxylation is 2. The number of sulfonamides is 1. The standard InChI is InChI=1S/C12H16N4O3S/c1-3-16-7-12(14-8(16)2)20(18,19)15-11-5-4-9(17)6-10(11)13/h4-7,15,17H,3,13H2,1-2H3. The third kappa shape index (κ3) is 2.69. The number of imidazole rings is 1. The van der Waals surface area contributed by atoms with Crippen LogP contribution in [0.25, 0.3) is 0 Å². The Hall–Kier alpha value is -2.22. The molecule has 0 aliphatic heterocycles. The lowest BCUT2D eigenvalue weighted by Crippen LogP contribution is -2.14. The Bertz CT molecular complexity index is 737. The van der Waals surface area contributed by atoms with Crippen LogP contribution in [0, 0.1) is 6.92 Å². The van der Waals surface area contributed by atoms with E-state index < -0.39 is 10.0 Å². The van der Waals surface area contributed by atoms with Gasteiger partial charge in [-0.1, -0.05) is 0 Å². The van der Waals surface area contributed by atoms with Crippen molar-refractivity contribution in [2.24, 2.45) is 0 Å². The highest BCUT2D eigenvalue weighted by Crippen LogP contribution is 2.25. The zero-order valence-electron chi connectivity index (χ0n) is 11.2. The maximum atomic E-state index is 12.2. The van der Waals surface area contributed by atoms with Gasteiger partial charge in [-0.2, -0.15) is 8.42 Å². The third-order valence-electron chi connectivity index (χ3n) is 2.85. The number of aromatic nitrogens is 2. The molecule has 0 aliphatic rings. The minimum atomic E-state index is -3.80. The summed E-state index contributed by atoms with van der Waals surface area (Å²) in [6, 6.07) is 4.02. The Morgan fingerprint density at radius 1 is 1.45 bits per heavy atom. The Labute approximate surface area is 117 Å². The van der Waals surface area contributed by atoms with Gasteiger partial charge < -0.3 is 15.4 Å². The van der Waals surface area contributed by atoms with Crippen molar-refractivity contribution in [1.82, 2.24) is 9.55 Å². The summed E-state index contributed by atoms with van der Waals surface area (Å²) in [4.78, 5) is 4.02. The minimum Gasteiger partial charge on any atom is -0.508 e. The van der Waals surface area contributed by atoms with Crippen LogP contribution in [-0.4, -0.2) is 23.1 Å².